The van der Waals surface area contributed by atoms with Crippen LogP contribution in [0.3, 0.4) is 0 Å². The third kappa shape index (κ3) is 4.67. The van der Waals surface area contributed by atoms with E-state index in [1.54, 1.807) is 31.6 Å². The van der Waals surface area contributed by atoms with Crippen LogP contribution >= 0.6 is 0 Å². The molecule has 1 N–H and O–H groups in total. The minimum absolute atomic E-state index is 0.0841. The Hall–Kier alpha value is -2.65. The number of rotatable bonds is 7. The van der Waals surface area contributed by atoms with E-state index >= 15 is 0 Å². The number of pyridine rings is 1. The molecule has 0 saturated heterocycles. The first-order valence-electron chi connectivity index (χ1n) is 7.05. The van der Waals surface area contributed by atoms with Crippen LogP contribution in [0.5, 0.6) is 0 Å². The zero-order valence-electron chi connectivity index (χ0n) is 12.9. The summed E-state index contributed by atoms with van der Waals surface area (Å²) in [6.07, 6.45) is 4.88. The van der Waals surface area contributed by atoms with E-state index in [2.05, 4.69) is 14.7 Å². The number of nitro groups is 1. The lowest BCUT2D eigenvalue weighted by atomic mass is 10.2. The highest BCUT2D eigenvalue weighted by Gasteiger charge is 2.19. The van der Waals surface area contributed by atoms with Gasteiger partial charge in [0, 0.05) is 42.3 Å². The van der Waals surface area contributed by atoms with Crippen molar-refractivity contribution >= 4 is 21.9 Å². The van der Waals surface area contributed by atoms with Crippen molar-refractivity contribution in [1.82, 2.24) is 9.71 Å². The van der Waals surface area contributed by atoms with E-state index in [-0.39, 0.29) is 23.7 Å². The van der Waals surface area contributed by atoms with Crippen molar-refractivity contribution in [2.45, 2.75) is 11.8 Å². The molecule has 0 bridgehead atoms. The van der Waals surface area contributed by atoms with Gasteiger partial charge < -0.3 is 0 Å². The first-order valence-corrected chi connectivity index (χ1v) is 8.53. The van der Waals surface area contributed by atoms with Crippen molar-refractivity contribution in [2.75, 3.05) is 13.1 Å². The molecule has 0 aliphatic rings. The molecule has 1 heterocycles. The van der Waals surface area contributed by atoms with Crippen LogP contribution in [-0.4, -0.2) is 37.6 Å². The summed E-state index contributed by atoms with van der Waals surface area (Å²) in [6, 6.07) is 7.40. The van der Waals surface area contributed by atoms with E-state index in [0.717, 1.165) is 11.6 Å². The van der Waals surface area contributed by atoms with Gasteiger partial charge in [0.1, 0.15) is 0 Å². The van der Waals surface area contributed by atoms with Crippen LogP contribution < -0.4 is 4.72 Å². The zero-order chi connectivity index (χ0) is 17.6. The van der Waals surface area contributed by atoms with Crippen molar-refractivity contribution in [3.63, 3.8) is 0 Å². The molecule has 126 valence electrons. The van der Waals surface area contributed by atoms with Gasteiger partial charge in [0.25, 0.3) is 5.69 Å². The van der Waals surface area contributed by atoms with Crippen molar-refractivity contribution in [1.29, 1.82) is 0 Å². The molecule has 0 amide bonds. The predicted molar refractivity (Wildman–Crippen MR) is 89.7 cm³/mol. The SMILES string of the molecule is Cc1ccc(S(=O)(=O)NCCN=Cc2cccnc2)cc1[N+](=O)[O-]. The van der Waals surface area contributed by atoms with Crippen LogP contribution in [0.15, 0.2) is 52.6 Å². The van der Waals surface area contributed by atoms with Gasteiger partial charge in [-0.15, -0.1) is 0 Å². The maximum atomic E-state index is 12.2. The van der Waals surface area contributed by atoms with Gasteiger partial charge in [0.15, 0.2) is 0 Å². The van der Waals surface area contributed by atoms with Gasteiger partial charge in [-0.25, -0.2) is 13.1 Å². The third-order valence-corrected chi connectivity index (χ3v) is 4.60. The molecule has 0 aliphatic carbocycles. The number of aliphatic imine (C=N–C) groups is 1. The fraction of sp³-hybridized carbons (Fsp3) is 0.200. The number of hydrogen-bond acceptors (Lipinski definition) is 6. The van der Waals surface area contributed by atoms with E-state index in [4.69, 9.17) is 0 Å². The Morgan fingerprint density at radius 3 is 2.83 bits per heavy atom. The average molecular weight is 348 g/mol. The largest absolute Gasteiger partial charge is 0.291 e. The summed E-state index contributed by atoms with van der Waals surface area (Å²) in [6.45, 7) is 1.87. The van der Waals surface area contributed by atoms with E-state index in [1.165, 1.54) is 12.1 Å². The van der Waals surface area contributed by atoms with E-state index in [1.807, 2.05) is 6.07 Å². The molecule has 0 spiro atoms. The second kappa shape index (κ2) is 7.75. The molecule has 2 aromatic rings. The number of hydrogen-bond donors (Lipinski definition) is 1. The summed E-state index contributed by atoms with van der Waals surface area (Å²) in [5, 5.41) is 10.9. The van der Waals surface area contributed by atoms with Gasteiger partial charge in [-0.3, -0.25) is 20.1 Å². The van der Waals surface area contributed by atoms with Crippen molar-refractivity contribution < 1.29 is 13.3 Å². The molecule has 0 atom stereocenters. The Labute approximate surface area is 139 Å². The molecule has 0 aliphatic heterocycles. The monoisotopic (exact) mass is 348 g/mol. The number of aryl methyl sites for hydroxylation is 1. The Morgan fingerprint density at radius 1 is 1.38 bits per heavy atom. The second-order valence-corrected chi connectivity index (χ2v) is 6.69. The minimum atomic E-state index is -3.82. The Bertz CT molecular complexity index is 851. The highest BCUT2D eigenvalue weighted by Crippen LogP contribution is 2.21. The van der Waals surface area contributed by atoms with Crippen LogP contribution in [0.2, 0.25) is 0 Å². The summed E-state index contributed by atoms with van der Waals surface area (Å²) in [4.78, 5) is 18.2. The molecule has 8 nitrogen and oxygen atoms in total. The summed E-state index contributed by atoms with van der Waals surface area (Å²) in [7, 11) is -3.82. The minimum Gasteiger partial charge on any atom is -0.291 e. The van der Waals surface area contributed by atoms with E-state index in [0.29, 0.717) is 5.56 Å². The normalized spacial score (nSPS) is 11.7. The average Bonchev–Trinajstić information content (AvgIpc) is 2.55. The fourth-order valence-electron chi connectivity index (χ4n) is 1.90. The number of nitro benzene ring substituents is 1. The Balaban J connectivity index is 1.98. The summed E-state index contributed by atoms with van der Waals surface area (Å²) >= 11 is 0. The van der Waals surface area contributed by atoms with Gasteiger partial charge in [-0.1, -0.05) is 12.1 Å². The molecule has 0 radical (unpaired) electrons. The summed E-state index contributed by atoms with van der Waals surface area (Å²) < 4.78 is 26.7. The van der Waals surface area contributed by atoms with Gasteiger partial charge >= 0.3 is 0 Å². The smallest absolute Gasteiger partial charge is 0.273 e. The maximum absolute atomic E-state index is 12.2. The molecule has 9 heteroatoms. The van der Waals surface area contributed by atoms with Gasteiger partial charge in [-0.2, -0.15) is 0 Å². The number of sulfonamides is 1. The Morgan fingerprint density at radius 2 is 2.17 bits per heavy atom. The molecular weight excluding hydrogens is 332 g/mol. The summed E-state index contributed by atoms with van der Waals surface area (Å²) in [5.74, 6) is 0. The first-order chi connectivity index (χ1) is 11.4. The molecular formula is C15H16N4O4S. The number of nitrogens with one attached hydrogen (secondary N) is 1. The molecule has 0 fully saturated rings. The quantitative estimate of drug-likeness (QED) is 0.354. The van der Waals surface area contributed by atoms with Gasteiger partial charge in [0.2, 0.25) is 10.0 Å². The number of nitrogens with zero attached hydrogens (tertiary/aromatic N) is 3. The van der Waals surface area contributed by atoms with Gasteiger partial charge in [0.05, 0.1) is 16.4 Å². The fourth-order valence-corrected chi connectivity index (χ4v) is 2.94. The summed E-state index contributed by atoms with van der Waals surface area (Å²) in [5.41, 5.74) is 0.988. The van der Waals surface area contributed by atoms with Gasteiger partial charge in [-0.05, 0) is 19.1 Å². The molecule has 0 saturated carbocycles. The topological polar surface area (TPSA) is 115 Å². The first kappa shape index (κ1) is 17.7. The van der Waals surface area contributed by atoms with Crippen LogP contribution in [0, 0.1) is 17.0 Å². The highest BCUT2D eigenvalue weighted by molar-refractivity contribution is 7.89. The second-order valence-electron chi connectivity index (χ2n) is 4.92. The zero-order valence-corrected chi connectivity index (χ0v) is 13.7. The van der Waals surface area contributed by atoms with Crippen molar-refractivity contribution in [3.8, 4) is 0 Å². The number of benzene rings is 1. The lowest BCUT2D eigenvalue weighted by molar-refractivity contribution is -0.385. The maximum Gasteiger partial charge on any atom is 0.273 e. The van der Waals surface area contributed by atoms with Crippen LogP contribution in [0.25, 0.3) is 0 Å². The lowest BCUT2D eigenvalue weighted by Crippen LogP contribution is -2.26. The van der Waals surface area contributed by atoms with Crippen molar-refractivity contribution in [2.24, 2.45) is 4.99 Å². The molecule has 1 aromatic carbocycles. The Kier molecular flexibility index (Phi) is 5.72. The highest BCUT2D eigenvalue weighted by atomic mass is 32.2. The number of aromatic nitrogens is 1. The lowest BCUT2D eigenvalue weighted by Gasteiger charge is -2.06. The standard InChI is InChI=1S/C15H16N4O4S/c1-12-4-5-14(9-15(12)19(20)21)24(22,23)18-8-7-17-11-13-3-2-6-16-10-13/h2-6,9-11,18H,7-8H2,1H3. The predicted octanol–water partition coefficient (Wildman–Crippen LogP) is 1.70. The molecule has 1 aromatic heterocycles. The molecule has 0 unspecified atom stereocenters. The van der Waals surface area contributed by atoms with E-state index < -0.39 is 14.9 Å². The van der Waals surface area contributed by atoms with Crippen molar-refractivity contribution in [3.05, 3.63) is 64.0 Å². The van der Waals surface area contributed by atoms with Crippen LogP contribution in [0.1, 0.15) is 11.1 Å². The van der Waals surface area contributed by atoms with Crippen LogP contribution in [0.4, 0.5) is 5.69 Å². The molecule has 24 heavy (non-hydrogen) atoms. The third-order valence-electron chi connectivity index (χ3n) is 3.15. The molecule has 2 rings (SSSR count). The van der Waals surface area contributed by atoms with Crippen LogP contribution in [-0.2, 0) is 10.0 Å². The van der Waals surface area contributed by atoms with E-state index in [9.17, 15) is 18.5 Å².